The van der Waals surface area contributed by atoms with E-state index in [1.165, 1.54) is 25.7 Å². The molecule has 1 aromatic heterocycles. The summed E-state index contributed by atoms with van der Waals surface area (Å²) >= 11 is 6.18. The first-order valence-electron chi connectivity index (χ1n) is 6.67. The number of rotatable bonds is 2. The van der Waals surface area contributed by atoms with Gasteiger partial charge < -0.3 is 5.32 Å². The van der Waals surface area contributed by atoms with Crippen molar-refractivity contribution in [3.05, 3.63) is 16.5 Å². The highest BCUT2D eigenvalue weighted by Crippen LogP contribution is 2.37. The molecule has 1 aliphatic carbocycles. The lowest BCUT2D eigenvalue weighted by Crippen LogP contribution is -2.39. The number of nitrogens with one attached hydrogen (secondary N) is 1. The number of aryl methyl sites for hydroxylation is 2. The van der Waals surface area contributed by atoms with Crippen LogP contribution in [0.3, 0.4) is 0 Å². The number of aromatic nitrogens is 2. The van der Waals surface area contributed by atoms with Crippen molar-refractivity contribution in [1.82, 2.24) is 9.97 Å². The number of hydrogen-bond donors (Lipinski definition) is 1. The van der Waals surface area contributed by atoms with Crippen LogP contribution in [0.2, 0.25) is 5.15 Å². The minimum atomic E-state index is 0.294. The summed E-state index contributed by atoms with van der Waals surface area (Å²) in [5.74, 6) is 0.736. The fourth-order valence-corrected chi connectivity index (χ4v) is 2.82. The Labute approximate surface area is 114 Å². The third kappa shape index (κ3) is 2.77. The monoisotopic (exact) mass is 267 g/mol. The van der Waals surface area contributed by atoms with Crippen molar-refractivity contribution in [3.63, 3.8) is 0 Å². The summed E-state index contributed by atoms with van der Waals surface area (Å²) in [4.78, 5) is 8.85. The highest BCUT2D eigenvalue weighted by atomic mass is 35.5. The van der Waals surface area contributed by atoms with E-state index in [9.17, 15) is 0 Å². The maximum absolute atomic E-state index is 6.18. The number of hydrogen-bond acceptors (Lipinski definition) is 3. The van der Waals surface area contributed by atoms with E-state index in [2.05, 4.69) is 29.1 Å². The lowest BCUT2D eigenvalue weighted by Gasteiger charge is -2.39. The van der Waals surface area contributed by atoms with Crippen LogP contribution in [0.5, 0.6) is 0 Å². The molecule has 1 saturated carbocycles. The zero-order chi connectivity index (χ0) is 13.3. The maximum Gasteiger partial charge on any atom is 0.171 e. The summed E-state index contributed by atoms with van der Waals surface area (Å²) in [5, 5.41) is 3.99. The molecule has 18 heavy (non-hydrogen) atoms. The highest BCUT2D eigenvalue weighted by Gasteiger charge is 2.32. The molecule has 100 valence electrons. The quantitative estimate of drug-likeness (QED) is 0.876. The molecular weight excluding hydrogens is 246 g/mol. The molecule has 0 spiro atoms. The van der Waals surface area contributed by atoms with Crippen molar-refractivity contribution in [1.29, 1.82) is 0 Å². The van der Waals surface area contributed by atoms with Gasteiger partial charge in [0.25, 0.3) is 0 Å². The average Bonchev–Trinajstić information content (AvgIpc) is 2.28. The molecule has 2 rings (SSSR count). The van der Waals surface area contributed by atoms with Gasteiger partial charge in [0.2, 0.25) is 0 Å². The summed E-state index contributed by atoms with van der Waals surface area (Å²) in [6.07, 6.45) is 5.02. The first kappa shape index (κ1) is 13.6. The van der Waals surface area contributed by atoms with Crippen LogP contribution in [0.15, 0.2) is 0 Å². The smallest absolute Gasteiger partial charge is 0.171 e. The second kappa shape index (κ2) is 5.04. The number of halogens is 1. The zero-order valence-corrected chi connectivity index (χ0v) is 12.4. The lowest BCUT2D eigenvalue weighted by atomic mass is 9.73. The second-order valence-corrected chi connectivity index (χ2v) is 6.32. The molecule has 1 N–H and O–H groups in total. The molecule has 4 heteroatoms. The minimum absolute atomic E-state index is 0.294. The van der Waals surface area contributed by atoms with Gasteiger partial charge in [-0.2, -0.15) is 0 Å². The first-order valence-corrected chi connectivity index (χ1v) is 7.05. The van der Waals surface area contributed by atoms with Gasteiger partial charge in [-0.1, -0.05) is 38.3 Å². The number of nitrogens with zero attached hydrogens (tertiary/aromatic N) is 2. The standard InChI is InChI=1S/C14H22ClN3/c1-9-10(2)17-13(12(15)16-9)18-11-7-5-6-8-14(11,3)4/h11H,5-8H2,1-4H3,(H,17,18). The summed E-state index contributed by atoms with van der Waals surface area (Å²) in [6.45, 7) is 8.52. The van der Waals surface area contributed by atoms with E-state index >= 15 is 0 Å². The Bertz CT molecular complexity index is 443. The molecule has 1 fully saturated rings. The summed E-state index contributed by atoms with van der Waals surface area (Å²) in [5.41, 5.74) is 2.13. The Morgan fingerprint density at radius 2 is 1.83 bits per heavy atom. The van der Waals surface area contributed by atoms with Gasteiger partial charge in [0.15, 0.2) is 11.0 Å². The second-order valence-electron chi connectivity index (χ2n) is 5.97. The Morgan fingerprint density at radius 1 is 1.17 bits per heavy atom. The predicted octanol–water partition coefficient (Wildman–Crippen LogP) is 4.13. The minimum Gasteiger partial charge on any atom is -0.364 e. The molecule has 0 radical (unpaired) electrons. The third-order valence-electron chi connectivity index (χ3n) is 4.08. The van der Waals surface area contributed by atoms with E-state index in [1.54, 1.807) is 0 Å². The molecule has 0 bridgehead atoms. The van der Waals surface area contributed by atoms with Crippen LogP contribution in [0.4, 0.5) is 5.82 Å². The van der Waals surface area contributed by atoms with Gasteiger partial charge >= 0.3 is 0 Å². The normalized spacial score (nSPS) is 22.8. The van der Waals surface area contributed by atoms with Crippen LogP contribution in [-0.4, -0.2) is 16.0 Å². The van der Waals surface area contributed by atoms with E-state index in [1.807, 2.05) is 13.8 Å². The molecule has 0 aromatic carbocycles. The first-order chi connectivity index (χ1) is 8.40. The van der Waals surface area contributed by atoms with Crippen LogP contribution in [0.1, 0.15) is 50.9 Å². The van der Waals surface area contributed by atoms with Crippen molar-refractivity contribution in [2.45, 2.75) is 59.4 Å². The fourth-order valence-electron chi connectivity index (χ4n) is 2.59. The molecule has 0 amide bonds. The van der Waals surface area contributed by atoms with Gasteiger partial charge in [0, 0.05) is 6.04 Å². The lowest BCUT2D eigenvalue weighted by molar-refractivity contribution is 0.216. The largest absolute Gasteiger partial charge is 0.364 e. The van der Waals surface area contributed by atoms with Gasteiger partial charge in [-0.05, 0) is 32.1 Å². The van der Waals surface area contributed by atoms with Crippen LogP contribution in [0, 0.1) is 19.3 Å². The molecule has 1 atom stereocenters. The van der Waals surface area contributed by atoms with E-state index in [0.29, 0.717) is 16.6 Å². The van der Waals surface area contributed by atoms with Crippen molar-refractivity contribution in [2.75, 3.05) is 5.32 Å². The van der Waals surface area contributed by atoms with E-state index < -0.39 is 0 Å². The Hall–Kier alpha value is -0.830. The highest BCUT2D eigenvalue weighted by molar-refractivity contribution is 6.31. The van der Waals surface area contributed by atoms with Crippen LogP contribution in [0.25, 0.3) is 0 Å². The van der Waals surface area contributed by atoms with Gasteiger partial charge in [-0.3, -0.25) is 0 Å². The Kier molecular flexibility index (Phi) is 3.81. The predicted molar refractivity (Wildman–Crippen MR) is 76.2 cm³/mol. The molecule has 1 unspecified atom stereocenters. The molecule has 1 heterocycles. The molecule has 1 aliphatic rings. The molecular formula is C14H22ClN3. The third-order valence-corrected chi connectivity index (χ3v) is 4.35. The van der Waals surface area contributed by atoms with Crippen LogP contribution >= 0.6 is 11.6 Å². The van der Waals surface area contributed by atoms with Gasteiger partial charge in [0.1, 0.15) is 0 Å². The summed E-state index contributed by atoms with van der Waals surface area (Å²) in [7, 11) is 0. The fraction of sp³-hybridized carbons (Fsp3) is 0.714. The summed E-state index contributed by atoms with van der Waals surface area (Å²) in [6, 6.07) is 0.431. The molecule has 0 saturated heterocycles. The maximum atomic E-state index is 6.18. The number of anilines is 1. The molecule has 3 nitrogen and oxygen atoms in total. The van der Waals surface area contributed by atoms with E-state index in [0.717, 1.165) is 17.2 Å². The topological polar surface area (TPSA) is 37.8 Å². The van der Waals surface area contributed by atoms with Gasteiger partial charge in [0.05, 0.1) is 11.4 Å². The van der Waals surface area contributed by atoms with E-state index in [-0.39, 0.29) is 0 Å². The Balaban J connectivity index is 2.20. The van der Waals surface area contributed by atoms with Crippen molar-refractivity contribution in [2.24, 2.45) is 5.41 Å². The van der Waals surface area contributed by atoms with Crippen molar-refractivity contribution >= 4 is 17.4 Å². The molecule has 0 aliphatic heterocycles. The van der Waals surface area contributed by atoms with Crippen LogP contribution < -0.4 is 5.32 Å². The van der Waals surface area contributed by atoms with Crippen LogP contribution in [-0.2, 0) is 0 Å². The van der Waals surface area contributed by atoms with E-state index in [4.69, 9.17) is 11.6 Å². The average molecular weight is 268 g/mol. The van der Waals surface area contributed by atoms with Crippen molar-refractivity contribution in [3.8, 4) is 0 Å². The summed E-state index contributed by atoms with van der Waals surface area (Å²) < 4.78 is 0. The Morgan fingerprint density at radius 3 is 2.50 bits per heavy atom. The van der Waals surface area contributed by atoms with Crippen molar-refractivity contribution < 1.29 is 0 Å². The molecule has 1 aromatic rings. The SMILES string of the molecule is Cc1nc(Cl)c(NC2CCCCC2(C)C)nc1C. The van der Waals surface area contributed by atoms with Gasteiger partial charge in [-0.25, -0.2) is 9.97 Å². The zero-order valence-electron chi connectivity index (χ0n) is 11.7. The van der Waals surface area contributed by atoms with Gasteiger partial charge in [-0.15, -0.1) is 0 Å².